The van der Waals surface area contributed by atoms with Gasteiger partial charge < -0.3 is 15.0 Å². The highest BCUT2D eigenvalue weighted by atomic mass is 16.5. The quantitative estimate of drug-likeness (QED) is 0.749. The van der Waals surface area contributed by atoms with Crippen LogP contribution >= 0.6 is 0 Å². The molecule has 0 aromatic carbocycles. The van der Waals surface area contributed by atoms with Crippen molar-refractivity contribution in [3.63, 3.8) is 0 Å². The van der Waals surface area contributed by atoms with Crippen LogP contribution in [0.3, 0.4) is 0 Å². The van der Waals surface area contributed by atoms with Crippen LogP contribution in [0.15, 0.2) is 0 Å². The average molecular weight is 228 g/mol. The van der Waals surface area contributed by atoms with Crippen LogP contribution in [0.2, 0.25) is 0 Å². The highest BCUT2D eigenvalue weighted by Gasteiger charge is 2.25. The highest BCUT2D eigenvalue weighted by Crippen LogP contribution is 2.19. The lowest BCUT2D eigenvalue weighted by molar-refractivity contribution is -0.00534. The van der Waals surface area contributed by atoms with E-state index in [2.05, 4.69) is 24.1 Å². The van der Waals surface area contributed by atoms with Gasteiger partial charge in [-0.2, -0.15) is 0 Å². The molecule has 1 aliphatic heterocycles. The average Bonchev–Trinajstić information content (AvgIpc) is 2.31. The standard InChI is InChI=1S/C13H28N2O/c1-11-7-9-15(10-13(11)16-4)8-5-6-12(2)14-3/h11-14H,5-10H2,1-4H3. The molecule has 0 amide bonds. The molecule has 1 aliphatic rings. The van der Waals surface area contributed by atoms with Crippen molar-refractivity contribution in [2.24, 2.45) is 5.92 Å². The second kappa shape index (κ2) is 7.25. The lowest BCUT2D eigenvalue weighted by Gasteiger charge is -2.36. The smallest absolute Gasteiger partial charge is 0.0724 e. The molecule has 0 saturated carbocycles. The summed E-state index contributed by atoms with van der Waals surface area (Å²) < 4.78 is 5.53. The molecule has 1 N–H and O–H groups in total. The van der Waals surface area contributed by atoms with Crippen LogP contribution < -0.4 is 5.32 Å². The van der Waals surface area contributed by atoms with Crippen molar-refractivity contribution in [1.82, 2.24) is 10.2 Å². The summed E-state index contributed by atoms with van der Waals surface area (Å²) in [6.45, 7) is 8.13. The molecule has 3 heteroatoms. The van der Waals surface area contributed by atoms with E-state index in [0.29, 0.717) is 12.1 Å². The summed E-state index contributed by atoms with van der Waals surface area (Å²) in [7, 11) is 3.88. The van der Waals surface area contributed by atoms with Gasteiger partial charge in [0.25, 0.3) is 0 Å². The largest absolute Gasteiger partial charge is 0.380 e. The van der Waals surface area contributed by atoms with E-state index in [1.807, 2.05) is 14.2 Å². The predicted molar refractivity (Wildman–Crippen MR) is 68.8 cm³/mol. The Morgan fingerprint density at radius 2 is 2.25 bits per heavy atom. The third-order valence-corrected chi connectivity index (χ3v) is 3.88. The fourth-order valence-corrected chi connectivity index (χ4v) is 2.37. The minimum absolute atomic E-state index is 0.440. The van der Waals surface area contributed by atoms with Crippen LogP contribution in [0.25, 0.3) is 0 Å². The van der Waals surface area contributed by atoms with Crippen molar-refractivity contribution >= 4 is 0 Å². The molecule has 96 valence electrons. The van der Waals surface area contributed by atoms with Crippen LogP contribution in [0.1, 0.15) is 33.1 Å². The Balaban J connectivity index is 2.18. The van der Waals surface area contributed by atoms with E-state index >= 15 is 0 Å². The Hall–Kier alpha value is -0.120. The topological polar surface area (TPSA) is 24.5 Å². The number of nitrogens with one attached hydrogen (secondary N) is 1. The van der Waals surface area contributed by atoms with Gasteiger partial charge in [-0.1, -0.05) is 6.92 Å². The maximum Gasteiger partial charge on any atom is 0.0724 e. The van der Waals surface area contributed by atoms with Crippen molar-refractivity contribution in [3.8, 4) is 0 Å². The minimum Gasteiger partial charge on any atom is -0.380 e. The number of likely N-dealkylation sites (tertiary alicyclic amines) is 1. The maximum absolute atomic E-state index is 5.53. The van der Waals surface area contributed by atoms with E-state index in [1.165, 1.54) is 32.4 Å². The fraction of sp³-hybridized carbons (Fsp3) is 1.00. The Bertz CT molecular complexity index is 187. The van der Waals surface area contributed by atoms with Gasteiger partial charge in [0.05, 0.1) is 6.10 Å². The molecule has 0 aromatic heterocycles. The number of hydrogen-bond acceptors (Lipinski definition) is 3. The molecule has 1 saturated heterocycles. The van der Waals surface area contributed by atoms with Gasteiger partial charge in [0, 0.05) is 19.7 Å². The van der Waals surface area contributed by atoms with E-state index in [0.717, 1.165) is 12.5 Å². The summed E-state index contributed by atoms with van der Waals surface area (Å²) in [4.78, 5) is 2.55. The van der Waals surface area contributed by atoms with Gasteiger partial charge in [0.1, 0.15) is 0 Å². The van der Waals surface area contributed by atoms with Crippen molar-refractivity contribution in [2.75, 3.05) is 33.8 Å². The van der Waals surface area contributed by atoms with E-state index in [1.54, 1.807) is 0 Å². The number of rotatable bonds is 6. The Labute approximate surface area is 101 Å². The second-order valence-electron chi connectivity index (χ2n) is 5.17. The SMILES string of the molecule is CNC(C)CCCN1CCC(C)C(OC)C1. The highest BCUT2D eigenvalue weighted by molar-refractivity contribution is 4.78. The third-order valence-electron chi connectivity index (χ3n) is 3.88. The number of nitrogens with zero attached hydrogens (tertiary/aromatic N) is 1. The van der Waals surface area contributed by atoms with Gasteiger partial charge in [-0.05, 0) is 52.2 Å². The Kier molecular flexibility index (Phi) is 6.32. The van der Waals surface area contributed by atoms with Crippen LogP contribution in [-0.2, 0) is 4.74 Å². The zero-order chi connectivity index (χ0) is 12.0. The van der Waals surface area contributed by atoms with Crippen molar-refractivity contribution in [2.45, 2.75) is 45.3 Å². The van der Waals surface area contributed by atoms with Crippen LogP contribution in [0.5, 0.6) is 0 Å². The molecule has 3 unspecified atom stereocenters. The second-order valence-corrected chi connectivity index (χ2v) is 5.17. The predicted octanol–water partition coefficient (Wildman–Crippen LogP) is 1.73. The zero-order valence-electron chi connectivity index (χ0n) is 11.3. The third kappa shape index (κ3) is 4.40. The number of piperidine rings is 1. The lowest BCUT2D eigenvalue weighted by atomic mass is 9.95. The van der Waals surface area contributed by atoms with Gasteiger partial charge in [-0.25, -0.2) is 0 Å². The van der Waals surface area contributed by atoms with Crippen molar-refractivity contribution < 1.29 is 4.74 Å². The van der Waals surface area contributed by atoms with Crippen LogP contribution in [-0.4, -0.2) is 50.8 Å². The Morgan fingerprint density at radius 3 is 2.88 bits per heavy atom. The Morgan fingerprint density at radius 1 is 1.50 bits per heavy atom. The first-order valence-corrected chi connectivity index (χ1v) is 6.59. The van der Waals surface area contributed by atoms with Gasteiger partial charge in [-0.15, -0.1) is 0 Å². The molecular weight excluding hydrogens is 200 g/mol. The summed E-state index contributed by atoms with van der Waals surface area (Å²) in [5, 5.41) is 3.29. The van der Waals surface area contributed by atoms with Gasteiger partial charge in [0.2, 0.25) is 0 Å². The molecule has 0 radical (unpaired) electrons. The van der Waals surface area contributed by atoms with E-state index in [9.17, 15) is 0 Å². The first-order chi connectivity index (χ1) is 7.67. The molecule has 16 heavy (non-hydrogen) atoms. The molecular formula is C13H28N2O. The molecule has 3 nitrogen and oxygen atoms in total. The first-order valence-electron chi connectivity index (χ1n) is 6.59. The van der Waals surface area contributed by atoms with E-state index in [4.69, 9.17) is 4.74 Å². The molecule has 0 spiro atoms. The molecule has 3 atom stereocenters. The number of hydrogen-bond donors (Lipinski definition) is 1. The van der Waals surface area contributed by atoms with E-state index < -0.39 is 0 Å². The van der Waals surface area contributed by atoms with Crippen LogP contribution in [0, 0.1) is 5.92 Å². The number of ether oxygens (including phenoxy) is 1. The normalized spacial score (nSPS) is 29.2. The van der Waals surface area contributed by atoms with Gasteiger partial charge in [0.15, 0.2) is 0 Å². The van der Waals surface area contributed by atoms with Crippen molar-refractivity contribution in [1.29, 1.82) is 0 Å². The van der Waals surface area contributed by atoms with Gasteiger partial charge >= 0.3 is 0 Å². The molecule has 1 rings (SSSR count). The van der Waals surface area contributed by atoms with Crippen LogP contribution in [0.4, 0.5) is 0 Å². The van der Waals surface area contributed by atoms with Gasteiger partial charge in [-0.3, -0.25) is 0 Å². The summed E-state index contributed by atoms with van der Waals surface area (Å²) in [5.41, 5.74) is 0. The fourth-order valence-electron chi connectivity index (χ4n) is 2.37. The maximum atomic E-state index is 5.53. The lowest BCUT2D eigenvalue weighted by Crippen LogP contribution is -2.44. The molecule has 0 bridgehead atoms. The summed E-state index contributed by atoms with van der Waals surface area (Å²) >= 11 is 0. The molecule has 1 heterocycles. The summed E-state index contributed by atoms with van der Waals surface area (Å²) in [6.07, 6.45) is 4.27. The van der Waals surface area contributed by atoms with E-state index in [-0.39, 0.29) is 0 Å². The van der Waals surface area contributed by atoms with Crippen molar-refractivity contribution in [3.05, 3.63) is 0 Å². The zero-order valence-corrected chi connectivity index (χ0v) is 11.3. The monoisotopic (exact) mass is 228 g/mol. The molecule has 0 aliphatic carbocycles. The summed E-state index contributed by atoms with van der Waals surface area (Å²) in [6, 6.07) is 0.641. The number of methoxy groups -OCH3 is 1. The minimum atomic E-state index is 0.440. The molecule has 0 aromatic rings. The first kappa shape index (κ1) is 13.9. The summed E-state index contributed by atoms with van der Waals surface area (Å²) in [5.74, 6) is 0.720. The molecule has 1 fully saturated rings.